The second-order valence-electron chi connectivity index (χ2n) is 5.80. The molecule has 3 aromatic rings. The lowest BCUT2D eigenvalue weighted by Gasteiger charge is -2.09. The van der Waals surface area contributed by atoms with Crippen LogP contribution in [-0.4, -0.2) is 33.8 Å². The van der Waals surface area contributed by atoms with Gasteiger partial charge in [0.15, 0.2) is 0 Å². The van der Waals surface area contributed by atoms with Crippen LogP contribution < -0.4 is 21.3 Å². The highest BCUT2D eigenvalue weighted by Crippen LogP contribution is 2.16. The van der Waals surface area contributed by atoms with E-state index in [4.69, 9.17) is 0 Å². The number of hydrogen-bond donors (Lipinski definition) is 3. The third-order valence-corrected chi connectivity index (χ3v) is 5.06. The van der Waals surface area contributed by atoms with Crippen molar-refractivity contribution in [1.82, 2.24) is 19.5 Å². The van der Waals surface area contributed by atoms with E-state index < -0.39 is 21.3 Å². The van der Waals surface area contributed by atoms with Crippen LogP contribution in [0.1, 0.15) is 6.42 Å². The summed E-state index contributed by atoms with van der Waals surface area (Å²) in [4.78, 5) is 44.3. The van der Waals surface area contributed by atoms with Gasteiger partial charge >= 0.3 is 5.69 Å². The average Bonchev–Trinajstić information content (AvgIpc) is 2.68. The van der Waals surface area contributed by atoms with Crippen molar-refractivity contribution in [1.29, 1.82) is 0 Å². The summed E-state index contributed by atoms with van der Waals surface area (Å²) in [5.74, 6) is -0.433. The largest absolute Gasteiger partial charge is 0.328 e. The third-order valence-electron chi connectivity index (χ3n) is 3.72. The van der Waals surface area contributed by atoms with Gasteiger partial charge in [-0.2, -0.15) is 0 Å². The summed E-state index contributed by atoms with van der Waals surface area (Å²) < 4.78 is 28.1. The molecule has 0 unspecified atom stereocenters. The first-order valence-electron chi connectivity index (χ1n) is 8.33. The molecule has 150 valence electrons. The molecule has 1 amide bonds. The van der Waals surface area contributed by atoms with Gasteiger partial charge in [0, 0.05) is 43.3 Å². The zero-order chi connectivity index (χ0) is 20.9. The van der Waals surface area contributed by atoms with Crippen LogP contribution in [0, 0.1) is 0 Å². The maximum absolute atomic E-state index is 12.3. The van der Waals surface area contributed by atoms with Gasteiger partial charge in [-0.3, -0.25) is 14.6 Å². The van der Waals surface area contributed by atoms with Crippen molar-refractivity contribution in [2.75, 3.05) is 10.0 Å². The van der Waals surface area contributed by atoms with Crippen molar-refractivity contribution < 1.29 is 13.2 Å². The SMILES string of the molecule is O=C(CCn1ccc(=O)[nH]c1=O)Nc1ccc(S(=O)(=O)Nc2ncccn2)cc1. The molecule has 0 aliphatic rings. The number of carbonyl (C=O) groups excluding carboxylic acids is 1. The molecule has 12 heteroatoms. The minimum absolute atomic E-state index is 0.0150. The van der Waals surface area contributed by atoms with Gasteiger partial charge in [0.25, 0.3) is 15.6 Å². The van der Waals surface area contributed by atoms with E-state index in [-0.39, 0.29) is 29.7 Å². The molecule has 0 radical (unpaired) electrons. The summed E-state index contributed by atoms with van der Waals surface area (Å²) in [5, 5.41) is 2.61. The number of aromatic amines is 1. The monoisotopic (exact) mass is 416 g/mol. The zero-order valence-electron chi connectivity index (χ0n) is 14.9. The Kier molecular flexibility index (Phi) is 5.83. The quantitative estimate of drug-likeness (QED) is 0.495. The van der Waals surface area contributed by atoms with Gasteiger partial charge in [0.1, 0.15) is 0 Å². The van der Waals surface area contributed by atoms with Crippen molar-refractivity contribution in [2.24, 2.45) is 0 Å². The van der Waals surface area contributed by atoms with Crippen molar-refractivity contribution in [3.63, 3.8) is 0 Å². The Hall–Kier alpha value is -3.80. The van der Waals surface area contributed by atoms with Gasteiger partial charge in [-0.15, -0.1) is 0 Å². The fourth-order valence-electron chi connectivity index (χ4n) is 2.31. The molecular formula is C17H16N6O5S. The van der Waals surface area contributed by atoms with Gasteiger partial charge in [-0.05, 0) is 30.3 Å². The summed E-state index contributed by atoms with van der Waals surface area (Å²) in [6, 6.07) is 8.27. The topological polar surface area (TPSA) is 156 Å². The highest BCUT2D eigenvalue weighted by molar-refractivity contribution is 7.92. The molecule has 0 saturated carbocycles. The van der Waals surface area contributed by atoms with Crippen LogP contribution in [0.2, 0.25) is 0 Å². The van der Waals surface area contributed by atoms with E-state index in [0.717, 1.165) is 0 Å². The van der Waals surface area contributed by atoms with Gasteiger partial charge in [-0.25, -0.2) is 27.9 Å². The highest BCUT2D eigenvalue weighted by Gasteiger charge is 2.15. The Morgan fingerprint density at radius 1 is 1.07 bits per heavy atom. The van der Waals surface area contributed by atoms with Gasteiger partial charge in [-0.1, -0.05) is 0 Å². The molecule has 0 spiro atoms. The van der Waals surface area contributed by atoms with E-state index >= 15 is 0 Å². The number of H-pyrrole nitrogens is 1. The number of anilines is 2. The molecule has 1 aromatic carbocycles. The molecule has 2 heterocycles. The molecule has 0 bridgehead atoms. The van der Waals surface area contributed by atoms with Crippen molar-refractivity contribution in [3.8, 4) is 0 Å². The van der Waals surface area contributed by atoms with Gasteiger partial charge < -0.3 is 9.88 Å². The summed E-state index contributed by atoms with van der Waals surface area (Å²) >= 11 is 0. The normalized spacial score (nSPS) is 11.0. The van der Waals surface area contributed by atoms with E-state index in [0.29, 0.717) is 5.69 Å². The number of aromatic nitrogens is 4. The molecular weight excluding hydrogens is 400 g/mol. The molecule has 0 atom stereocenters. The number of nitrogens with one attached hydrogen (secondary N) is 3. The Balaban J connectivity index is 1.60. The number of aryl methyl sites for hydroxylation is 1. The minimum atomic E-state index is -3.87. The van der Waals surface area contributed by atoms with E-state index in [2.05, 4.69) is 25.0 Å². The number of hydrogen-bond acceptors (Lipinski definition) is 7. The van der Waals surface area contributed by atoms with Crippen LogP contribution >= 0.6 is 0 Å². The average molecular weight is 416 g/mol. The summed E-state index contributed by atoms with van der Waals surface area (Å²) in [6.07, 6.45) is 4.10. The fourth-order valence-corrected chi connectivity index (χ4v) is 3.27. The van der Waals surface area contributed by atoms with E-state index in [1.165, 1.54) is 53.5 Å². The van der Waals surface area contributed by atoms with Crippen LogP contribution in [0.15, 0.2) is 69.5 Å². The number of carbonyl (C=O) groups is 1. The third kappa shape index (κ3) is 5.35. The van der Waals surface area contributed by atoms with Crippen LogP contribution in [-0.2, 0) is 21.4 Å². The maximum Gasteiger partial charge on any atom is 0.328 e. The smallest absolute Gasteiger partial charge is 0.326 e. The van der Waals surface area contributed by atoms with Crippen LogP contribution in [0.5, 0.6) is 0 Å². The minimum Gasteiger partial charge on any atom is -0.326 e. The van der Waals surface area contributed by atoms with Crippen molar-refractivity contribution >= 4 is 27.6 Å². The molecule has 11 nitrogen and oxygen atoms in total. The lowest BCUT2D eigenvalue weighted by molar-refractivity contribution is -0.116. The standard InChI is InChI=1S/C17H16N6O5S/c24-14(6-10-23-11-7-15(25)21-17(23)26)20-12-2-4-13(5-3-12)29(27,28)22-16-18-8-1-9-19-16/h1-5,7-9,11H,6,10H2,(H,20,24)(H,18,19,22)(H,21,25,26). The lowest BCUT2D eigenvalue weighted by Crippen LogP contribution is -2.29. The van der Waals surface area contributed by atoms with Crippen molar-refractivity contribution in [2.45, 2.75) is 17.9 Å². The Bertz CT molecular complexity index is 1220. The molecule has 3 N–H and O–H groups in total. The molecule has 3 rings (SSSR count). The van der Waals surface area contributed by atoms with E-state index in [9.17, 15) is 22.8 Å². The number of nitrogens with zero attached hydrogens (tertiary/aromatic N) is 3. The highest BCUT2D eigenvalue weighted by atomic mass is 32.2. The van der Waals surface area contributed by atoms with Crippen molar-refractivity contribution in [3.05, 3.63) is 75.8 Å². The maximum atomic E-state index is 12.3. The molecule has 0 aliphatic carbocycles. The number of sulfonamides is 1. The van der Waals surface area contributed by atoms with Crippen LogP contribution in [0.4, 0.5) is 11.6 Å². The van der Waals surface area contributed by atoms with E-state index in [1.807, 2.05) is 0 Å². The van der Waals surface area contributed by atoms with Gasteiger partial charge in [0.05, 0.1) is 4.90 Å². The number of rotatable bonds is 7. The Morgan fingerprint density at radius 3 is 2.41 bits per heavy atom. The number of benzene rings is 1. The summed E-state index contributed by atoms with van der Waals surface area (Å²) in [5.41, 5.74) is -0.729. The predicted molar refractivity (Wildman–Crippen MR) is 104 cm³/mol. The molecule has 29 heavy (non-hydrogen) atoms. The first kappa shape index (κ1) is 19.9. The first-order chi connectivity index (χ1) is 13.8. The summed E-state index contributed by atoms with van der Waals surface area (Å²) in [6.45, 7) is 0.0783. The van der Waals surface area contributed by atoms with Crippen LogP contribution in [0.25, 0.3) is 0 Å². The molecule has 0 fully saturated rings. The van der Waals surface area contributed by atoms with Crippen LogP contribution in [0.3, 0.4) is 0 Å². The Labute approximate surface area is 164 Å². The van der Waals surface area contributed by atoms with E-state index in [1.54, 1.807) is 6.07 Å². The Morgan fingerprint density at radius 2 is 1.76 bits per heavy atom. The molecule has 0 aliphatic heterocycles. The lowest BCUT2D eigenvalue weighted by atomic mass is 10.3. The number of amides is 1. The molecule has 0 saturated heterocycles. The first-order valence-corrected chi connectivity index (χ1v) is 9.81. The summed E-state index contributed by atoms with van der Waals surface area (Å²) in [7, 11) is -3.87. The second kappa shape index (κ2) is 8.48. The molecule has 2 aromatic heterocycles. The zero-order valence-corrected chi connectivity index (χ0v) is 15.7. The predicted octanol–water partition coefficient (Wildman–Crippen LogP) is 0.156. The second-order valence-corrected chi connectivity index (χ2v) is 7.49. The fraction of sp³-hybridized carbons (Fsp3) is 0.118. The van der Waals surface area contributed by atoms with Gasteiger partial charge in [0.2, 0.25) is 11.9 Å².